The summed E-state index contributed by atoms with van der Waals surface area (Å²) in [6.07, 6.45) is 0. The van der Waals surface area contributed by atoms with E-state index in [1.807, 2.05) is 0 Å². The molecule has 3 aliphatic rings. The quantitative estimate of drug-likeness (QED) is 0.139. The molecule has 0 saturated carbocycles. The number of anilines is 3. The van der Waals surface area contributed by atoms with Gasteiger partial charge in [0.2, 0.25) is 0 Å². The van der Waals surface area contributed by atoms with Crippen molar-refractivity contribution in [1.82, 2.24) is 0 Å². The first kappa shape index (κ1) is 45.8. The maximum absolute atomic E-state index is 2.48. The van der Waals surface area contributed by atoms with Crippen molar-refractivity contribution in [3.8, 4) is 55.6 Å². The second kappa shape index (κ2) is 17.8. The Hall–Kier alpha value is -9.56. The molecule has 78 heavy (non-hydrogen) atoms. The molecular weight excluding hydrogens is 939 g/mol. The summed E-state index contributed by atoms with van der Waals surface area (Å²) in [6.45, 7) is 4.72. The Balaban J connectivity index is 0.907. The Labute approximate surface area is 458 Å². The van der Waals surface area contributed by atoms with Crippen molar-refractivity contribution in [2.75, 3.05) is 4.90 Å². The van der Waals surface area contributed by atoms with E-state index in [0.29, 0.717) is 0 Å². The molecule has 0 amide bonds. The van der Waals surface area contributed by atoms with Crippen molar-refractivity contribution in [2.24, 2.45) is 0 Å². The molecule has 1 nitrogen and oxygen atoms in total. The van der Waals surface area contributed by atoms with Crippen molar-refractivity contribution in [3.05, 3.63) is 353 Å². The van der Waals surface area contributed by atoms with Gasteiger partial charge in [-0.05, 0) is 160 Å². The molecule has 368 valence electrons. The van der Waals surface area contributed by atoms with Gasteiger partial charge < -0.3 is 4.90 Å². The minimum atomic E-state index is -0.495. The normalized spacial score (nSPS) is 14.3. The highest BCUT2D eigenvalue weighted by Gasteiger charge is 2.48. The van der Waals surface area contributed by atoms with E-state index in [1.54, 1.807) is 0 Å². The SMILES string of the molecule is CC1(C)c2ccccc2-c2cc(N(c3cccc(-c4ccc5c(c4)C(c4ccccc4)(c4ccccc4)c4ccccc4-5)c3)c3cccc(-c4ccc5c(c4)C(c4ccccc4)(c4ccccc4)c4ccccc4-5)c3)ccc21. The molecule has 0 heterocycles. The lowest BCUT2D eigenvalue weighted by Gasteiger charge is -2.34. The van der Waals surface area contributed by atoms with E-state index in [9.17, 15) is 0 Å². The summed E-state index contributed by atoms with van der Waals surface area (Å²) in [7, 11) is 0. The van der Waals surface area contributed by atoms with Gasteiger partial charge in [-0.15, -0.1) is 0 Å². The molecule has 15 rings (SSSR count). The number of hydrogen-bond acceptors (Lipinski definition) is 1. The van der Waals surface area contributed by atoms with E-state index >= 15 is 0 Å². The second-order valence-corrected chi connectivity index (χ2v) is 21.9. The Morgan fingerprint density at radius 1 is 0.218 bits per heavy atom. The molecule has 0 spiro atoms. The average Bonchev–Trinajstić information content (AvgIpc) is 3.83. The van der Waals surface area contributed by atoms with Gasteiger partial charge in [-0.1, -0.05) is 263 Å². The molecule has 0 aromatic heterocycles. The van der Waals surface area contributed by atoms with Crippen molar-refractivity contribution >= 4 is 17.1 Å². The molecule has 12 aromatic rings. The van der Waals surface area contributed by atoms with Gasteiger partial charge >= 0.3 is 0 Å². The fraction of sp³-hybridized carbons (Fsp3) is 0.0649. The van der Waals surface area contributed by atoms with E-state index < -0.39 is 10.8 Å². The molecule has 3 aliphatic carbocycles. The summed E-state index contributed by atoms with van der Waals surface area (Å²) >= 11 is 0. The lowest BCUT2D eigenvalue weighted by Crippen LogP contribution is -2.28. The number of hydrogen-bond donors (Lipinski definition) is 0. The number of fused-ring (bicyclic) bond motifs is 9. The number of rotatable bonds is 9. The van der Waals surface area contributed by atoms with Crippen LogP contribution in [-0.2, 0) is 16.2 Å². The molecule has 0 fully saturated rings. The maximum atomic E-state index is 2.48. The number of nitrogens with zero attached hydrogens (tertiary/aromatic N) is 1. The average molecular weight is 994 g/mol. The Morgan fingerprint density at radius 2 is 0.551 bits per heavy atom. The molecule has 0 aliphatic heterocycles. The zero-order valence-corrected chi connectivity index (χ0v) is 43.7. The van der Waals surface area contributed by atoms with Crippen LogP contribution in [0.1, 0.15) is 69.5 Å². The Kier molecular flexibility index (Phi) is 10.4. The van der Waals surface area contributed by atoms with E-state index in [4.69, 9.17) is 0 Å². The third-order valence-corrected chi connectivity index (χ3v) is 17.6. The minimum absolute atomic E-state index is 0.112. The van der Waals surface area contributed by atoms with Crippen LogP contribution < -0.4 is 4.90 Å². The van der Waals surface area contributed by atoms with Crippen LogP contribution in [0, 0.1) is 0 Å². The van der Waals surface area contributed by atoms with Crippen LogP contribution in [0.4, 0.5) is 17.1 Å². The highest BCUT2D eigenvalue weighted by Crippen LogP contribution is 2.59. The van der Waals surface area contributed by atoms with E-state index in [1.165, 1.54) is 100 Å². The molecule has 0 saturated heterocycles. The van der Waals surface area contributed by atoms with Crippen molar-refractivity contribution < 1.29 is 0 Å². The fourth-order valence-corrected chi connectivity index (χ4v) is 14.2. The lowest BCUT2D eigenvalue weighted by molar-refractivity contribution is 0.660. The first-order chi connectivity index (χ1) is 38.4. The molecule has 1 heteroatoms. The topological polar surface area (TPSA) is 3.24 Å². The van der Waals surface area contributed by atoms with Gasteiger partial charge in [0, 0.05) is 22.5 Å². The van der Waals surface area contributed by atoms with Crippen LogP contribution in [0.3, 0.4) is 0 Å². The van der Waals surface area contributed by atoms with Gasteiger partial charge in [0.1, 0.15) is 0 Å². The second-order valence-electron chi connectivity index (χ2n) is 21.9. The highest BCUT2D eigenvalue weighted by molar-refractivity contribution is 5.93. The first-order valence-corrected chi connectivity index (χ1v) is 27.4. The summed E-state index contributed by atoms with van der Waals surface area (Å²) in [5.74, 6) is 0. The van der Waals surface area contributed by atoms with Crippen LogP contribution in [-0.4, -0.2) is 0 Å². The van der Waals surface area contributed by atoms with Crippen molar-refractivity contribution in [3.63, 3.8) is 0 Å². The predicted molar refractivity (Wildman–Crippen MR) is 324 cm³/mol. The Morgan fingerprint density at radius 3 is 0.987 bits per heavy atom. The van der Waals surface area contributed by atoms with Crippen LogP contribution in [0.25, 0.3) is 55.6 Å². The minimum Gasteiger partial charge on any atom is -0.310 e. The van der Waals surface area contributed by atoms with Crippen LogP contribution >= 0.6 is 0 Å². The molecule has 0 atom stereocenters. The summed E-state index contributed by atoms with van der Waals surface area (Å²) in [6, 6.07) is 111. The summed E-state index contributed by atoms with van der Waals surface area (Å²) in [4.78, 5) is 2.48. The zero-order chi connectivity index (χ0) is 52.0. The summed E-state index contributed by atoms with van der Waals surface area (Å²) < 4.78 is 0. The molecule has 0 bridgehead atoms. The highest BCUT2D eigenvalue weighted by atomic mass is 15.1. The third-order valence-electron chi connectivity index (χ3n) is 17.6. The smallest absolute Gasteiger partial charge is 0.0713 e. The van der Waals surface area contributed by atoms with Gasteiger partial charge in [0.05, 0.1) is 10.8 Å². The summed E-state index contributed by atoms with van der Waals surface area (Å²) in [5, 5.41) is 0. The lowest BCUT2D eigenvalue weighted by atomic mass is 9.67. The van der Waals surface area contributed by atoms with E-state index in [0.717, 1.165) is 28.2 Å². The van der Waals surface area contributed by atoms with Gasteiger partial charge in [-0.2, -0.15) is 0 Å². The van der Waals surface area contributed by atoms with Gasteiger partial charge in [0.25, 0.3) is 0 Å². The molecule has 0 unspecified atom stereocenters. The maximum Gasteiger partial charge on any atom is 0.0713 e. The van der Waals surface area contributed by atoms with Crippen LogP contribution in [0.2, 0.25) is 0 Å². The van der Waals surface area contributed by atoms with E-state index in [2.05, 4.69) is 316 Å². The number of benzene rings is 12. The first-order valence-electron chi connectivity index (χ1n) is 27.4. The van der Waals surface area contributed by atoms with Crippen molar-refractivity contribution in [1.29, 1.82) is 0 Å². The summed E-state index contributed by atoms with van der Waals surface area (Å²) in [5.41, 5.74) is 27.6. The third kappa shape index (κ3) is 6.68. The van der Waals surface area contributed by atoms with Gasteiger partial charge in [0.15, 0.2) is 0 Å². The molecule has 12 aromatic carbocycles. The molecular formula is C77H55N. The standard InChI is InChI=1S/C77H55N/c1-75(2)69-38-18-15-37-65(69)68-51-62(43-46-70(68)75)78(60-33-21-23-52(47-60)54-41-44-66-63-35-16-19-39-71(63)76(73(66)49-54,56-25-7-3-8-26-56)57-27-9-4-10-28-57)61-34-22-24-53(48-61)55-42-45-67-64-36-17-20-40-72(64)77(74(67)50-55,58-29-11-5-12-30-58)59-31-13-6-14-32-59/h3-51H,1-2H3. The zero-order valence-electron chi connectivity index (χ0n) is 43.7. The predicted octanol–water partition coefficient (Wildman–Crippen LogP) is 19.5. The fourth-order valence-electron chi connectivity index (χ4n) is 14.2. The monoisotopic (exact) mass is 993 g/mol. The molecule has 0 N–H and O–H groups in total. The largest absolute Gasteiger partial charge is 0.310 e. The Bertz CT molecular complexity index is 3980. The van der Waals surface area contributed by atoms with Crippen molar-refractivity contribution in [2.45, 2.75) is 30.1 Å². The van der Waals surface area contributed by atoms with Crippen LogP contribution in [0.15, 0.2) is 297 Å². The van der Waals surface area contributed by atoms with Gasteiger partial charge in [-0.3, -0.25) is 0 Å². The van der Waals surface area contributed by atoms with E-state index in [-0.39, 0.29) is 5.41 Å². The molecule has 0 radical (unpaired) electrons. The van der Waals surface area contributed by atoms with Crippen LogP contribution in [0.5, 0.6) is 0 Å². The van der Waals surface area contributed by atoms with Gasteiger partial charge in [-0.25, -0.2) is 0 Å².